The largest absolute Gasteiger partial charge is 0.368 e. The van der Waals surface area contributed by atoms with E-state index in [0.717, 1.165) is 43.9 Å². The first-order valence-corrected chi connectivity index (χ1v) is 8.88. The van der Waals surface area contributed by atoms with Crippen LogP contribution in [0.1, 0.15) is 18.4 Å². The fraction of sp³-hybridized carbons (Fsp3) is 0.500. The number of carbonyl (C=O) groups is 1. The van der Waals surface area contributed by atoms with Crippen LogP contribution in [0.4, 0.5) is 5.82 Å². The van der Waals surface area contributed by atoms with Crippen molar-refractivity contribution in [2.45, 2.75) is 32.0 Å². The van der Waals surface area contributed by atoms with Gasteiger partial charge in [0.1, 0.15) is 11.9 Å². The van der Waals surface area contributed by atoms with Gasteiger partial charge in [0.25, 0.3) is 5.91 Å². The molecule has 0 bridgehead atoms. The topological polar surface area (TPSA) is 63.5 Å². The second-order valence-electron chi connectivity index (χ2n) is 6.50. The van der Waals surface area contributed by atoms with Crippen LogP contribution in [-0.4, -0.2) is 57.9 Å². The van der Waals surface area contributed by atoms with Crippen LogP contribution in [0.15, 0.2) is 36.8 Å². The quantitative estimate of drug-likeness (QED) is 0.839. The van der Waals surface area contributed by atoms with E-state index in [4.69, 9.17) is 4.74 Å². The molecule has 0 saturated carbocycles. The van der Waals surface area contributed by atoms with Crippen LogP contribution < -0.4 is 4.90 Å². The Kier molecular flexibility index (Phi) is 4.65. The van der Waals surface area contributed by atoms with Crippen LogP contribution in [0, 0.1) is 0 Å². The Bertz CT molecular complexity index is 712. The Morgan fingerprint density at radius 1 is 1.24 bits per heavy atom. The van der Waals surface area contributed by atoms with Crippen LogP contribution in [-0.2, 0) is 22.6 Å². The number of amides is 1. The smallest absolute Gasteiger partial charge is 0.252 e. The minimum absolute atomic E-state index is 0.112. The van der Waals surface area contributed by atoms with Gasteiger partial charge in [0.15, 0.2) is 0 Å². The van der Waals surface area contributed by atoms with Gasteiger partial charge < -0.3 is 14.5 Å². The average molecular weight is 341 g/mol. The Morgan fingerprint density at radius 3 is 3.00 bits per heavy atom. The van der Waals surface area contributed by atoms with E-state index in [0.29, 0.717) is 19.7 Å². The summed E-state index contributed by atoms with van der Waals surface area (Å²) >= 11 is 0. The molecule has 2 aromatic heterocycles. The van der Waals surface area contributed by atoms with Gasteiger partial charge in [-0.05, 0) is 25.0 Å². The number of aromatic nitrogens is 3. The summed E-state index contributed by atoms with van der Waals surface area (Å²) in [5.41, 5.74) is 1.09. The lowest BCUT2D eigenvalue weighted by Gasteiger charge is -2.25. The third kappa shape index (κ3) is 3.51. The van der Waals surface area contributed by atoms with Gasteiger partial charge in [0.05, 0.1) is 6.54 Å². The first kappa shape index (κ1) is 16.1. The number of hydrogen-bond acceptors (Lipinski definition) is 5. The summed E-state index contributed by atoms with van der Waals surface area (Å²) < 4.78 is 7.51. The number of hydrogen-bond donors (Lipinski definition) is 0. The molecule has 0 unspecified atom stereocenters. The highest BCUT2D eigenvalue weighted by Crippen LogP contribution is 2.24. The van der Waals surface area contributed by atoms with Gasteiger partial charge in [0.2, 0.25) is 0 Å². The third-order valence-electron chi connectivity index (χ3n) is 4.84. The van der Waals surface area contributed by atoms with Crippen LogP contribution in [0.3, 0.4) is 0 Å². The number of pyridine rings is 1. The lowest BCUT2D eigenvalue weighted by atomic mass is 10.2. The van der Waals surface area contributed by atoms with Crippen LogP contribution >= 0.6 is 0 Å². The Labute approximate surface area is 147 Å². The van der Waals surface area contributed by atoms with Gasteiger partial charge in [0, 0.05) is 56.9 Å². The molecule has 0 aliphatic carbocycles. The second-order valence-corrected chi connectivity index (χ2v) is 6.50. The molecule has 2 aromatic rings. The maximum Gasteiger partial charge on any atom is 0.252 e. The lowest BCUT2D eigenvalue weighted by molar-refractivity contribution is -0.141. The molecule has 7 nitrogen and oxygen atoms in total. The molecule has 1 saturated heterocycles. The maximum atomic E-state index is 12.8. The monoisotopic (exact) mass is 341 g/mol. The van der Waals surface area contributed by atoms with E-state index in [9.17, 15) is 4.79 Å². The van der Waals surface area contributed by atoms with Gasteiger partial charge in [-0.1, -0.05) is 6.07 Å². The predicted molar refractivity (Wildman–Crippen MR) is 93.1 cm³/mol. The fourth-order valence-corrected chi connectivity index (χ4v) is 3.51. The molecular formula is C18H23N5O2. The molecule has 2 aliphatic heterocycles. The molecule has 132 valence electrons. The van der Waals surface area contributed by atoms with E-state index >= 15 is 0 Å². The number of fused-ring (bicyclic) bond motifs is 1. The number of rotatable bonds is 4. The van der Waals surface area contributed by atoms with Crippen molar-refractivity contribution in [3.05, 3.63) is 42.4 Å². The lowest BCUT2D eigenvalue weighted by Crippen LogP contribution is -2.41. The number of ether oxygens (including phenoxy) is 1. The molecule has 1 fully saturated rings. The van der Waals surface area contributed by atoms with E-state index < -0.39 is 0 Å². The van der Waals surface area contributed by atoms with Gasteiger partial charge in [-0.3, -0.25) is 9.48 Å². The molecule has 0 aromatic carbocycles. The molecule has 25 heavy (non-hydrogen) atoms. The molecule has 0 radical (unpaired) electrons. The van der Waals surface area contributed by atoms with E-state index in [-0.39, 0.29) is 12.0 Å². The summed E-state index contributed by atoms with van der Waals surface area (Å²) in [6.45, 7) is 4.35. The fourth-order valence-electron chi connectivity index (χ4n) is 3.51. The van der Waals surface area contributed by atoms with Crippen molar-refractivity contribution in [2.75, 3.05) is 31.1 Å². The summed E-state index contributed by atoms with van der Waals surface area (Å²) in [5, 5.41) is 4.26. The van der Waals surface area contributed by atoms with Crippen molar-refractivity contribution in [3.63, 3.8) is 0 Å². The van der Waals surface area contributed by atoms with E-state index in [1.54, 1.807) is 6.20 Å². The normalized spacial score (nSPS) is 20.4. The standard InChI is InChI=1S/C18H23N5O2/c24-18(16-5-2-13-25-16)22-10-9-21(11-12-23-8-3-7-20-23)17-15(14-22)4-1-6-19-17/h1,3-4,6-8,16H,2,5,9-14H2/t16-/m1/s1. The average Bonchev–Trinajstić information content (AvgIpc) is 3.31. The SMILES string of the molecule is O=C([C@H]1CCCO1)N1CCN(CCn2cccn2)c2ncccc2C1. The highest BCUT2D eigenvalue weighted by atomic mass is 16.5. The van der Waals surface area contributed by atoms with Gasteiger partial charge >= 0.3 is 0 Å². The molecule has 0 spiro atoms. The van der Waals surface area contributed by atoms with Crippen molar-refractivity contribution >= 4 is 11.7 Å². The molecular weight excluding hydrogens is 318 g/mol. The van der Waals surface area contributed by atoms with Gasteiger partial charge in [-0.2, -0.15) is 5.10 Å². The molecule has 4 rings (SSSR count). The Morgan fingerprint density at radius 2 is 2.20 bits per heavy atom. The minimum Gasteiger partial charge on any atom is -0.368 e. The highest BCUT2D eigenvalue weighted by Gasteiger charge is 2.31. The molecule has 7 heteroatoms. The van der Waals surface area contributed by atoms with E-state index in [2.05, 4.69) is 21.0 Å². The predicted octanol–water partition coefficient (Wildman–Crippen LogP) is 1.31. The highest BCUT2D eigenvalue weighted by molar-refractivity contribution is 5.81. The van der Waals surface area contributed by atoms with Crippen molar-refractivity contribution in [3.8, 4) is 0 Å². The minimum atomic E-state index is -0.268. The van der Waals surface area contributed by atoms with E-state index in [1.807, 2.05) is 34.1 Å². The third-order valence-corrected chi connectivity index (χ3v) is 4.84. The summed E-state index contributed by atoms with van der Waals surface area (Å²) in [4.78, 5) is 21.5. The summed E-state index contributed by atoms with van der Waals surface area (Å²) in [7, 11) is 0. The Balaban J connectivity index is 1.50. The zero-order valence-electron chi connectivity index (χ0n) is 14.3. The van der Waals surface area contributed by atoms with Crippen LogP contribution in [0.25, 0.3) is 0 Å². The van der Waals surface area contributed by atoms with Gasteiger partial charge in [-0.15, -0.1) is 0 Å². The van der Waals surface area contributed by atoms with Crippen molar-refractivity contribution < 1.29 is 9.53 Å². The maximum absolute atomic E-state index is 12.8. The first-order chi connectivity index (χ1) is 12.3. The molecule has 1 atom stereocenters. The molecule has 1 amide bonds. The Hall–Kier alpha value is -2.41. The number of anilines is 1. The van der Waals surface area contributed by atoms with Crippen molar-refractivity contribution in [1.29, 1.82) is 0 Å². The van der Waals surface area contributed by atoms with E-state index in [1.165, 1.54) is 0 Å². The summed E-state index contributed by atoms with van der Waals surface area (Å²) in [6.07, 6.45) is 7.10. The van der Waals surface area contributed by atoms with Crippen LogP contribution in [0.5, 0.6) is 0 Å². The van der Waals surface area contributed by atoms with Crippen LogP contribution in [0.2, 0.25) is 0 Å². The van der Waals surface area contributed by atoms with Crippen molar-refractivity contribution in [2.24, 2.45) is 0 Å². The summed E-state index contributed by atoms with van der Waals surface area (Å²) in [6, 6.07) is 5.92. The zero-order chi connectivity index (χ0) is 17.1. The number of carbonyl (C=O) groups excluding carboxylic acids is 1. The van der Waals surface area contributed by atoms with Crippen molar-refractivity contribution in [1.82, 2.24) is 19.7 Å². The first-order valence-electron chi connectivity index (χ1n) is 8.88. The zero-order valence-corrected chi connectivity index (χ0v) is 14.3. The molecule has 4 heterocycles. The molecule has 2 aliphatic rings. The van der Waals surface area contributed by atoms with Gasteiger partial charge in [-0.25, -0.2) is 4.98 Å². The second kappa shape index (κ2) is 7.23. The number of nitrogens with zero attached hydrogens (tertiary/aromatic N) is 5. The molecule has 0 N–H and O–H groups in total. The summed E-state index contributed by atoms with van der Waals surface area (Å²) in [5.74, 6) is 1.08.